The van der Waals surface area contributed by atoms with Gasteiger partial charge in [-0.15, -0.1) is 0 Å². The summed E-state index contributed by atoms with van der Waals surface area (Å²) >= 11 is 0. The summed E-state index contributed by atoms with van der Waals surface area (Å²) < 4.78 is 34.0. The number of aromatic hydroxyl groups is 1. The number of nitrogens with one attached hydrogen (secondary N) is 1. The first-order chi connectivity index (χ1) is 16.8. The molecule has 1 saturated carbocycles. The van der Waals surface area contributed by atoms with E-state index in [-0.39, 0.29) is 28.4 Å². The Kier molecular flexibility index (Phi) is 6.42. The van der Waals surface area contributed by atoms with Crippen molar-refractivity contribution in [1.29, 1.82) is 0 Å². The van der Waals surface area contributed by atoms with Gasteiger partial charge in [0.2, 0.25) is 0 Å². The van der Waals surface area contributed by atoms with E-state index in [9.17, 15) is 23.4 Å². The highest BCUT2D eigenvalue weighted by Crippen LogP contribution is 2.51. The van der Waals surface area contributed by atoms with Gasteiger partial charge in [0.05, 0.1) is 16.9 Å². The number of ether oxygens (including phenoxy) is 1. The highest BCUT2D eigenvalue weighted by Gasteiger charge is 2.50. The number of fused-ring (bicyclic) bond motifs is 1. The summed E-state index contributed by atoms with van der Waals surface area (Å²) in [5.41, 5.74) is 1.18. The Hall–Kier alpha value is -3.10. The molecule has 3 aliphatic rings. The first kappa shape index (κ1) is 23.6. The van der Waals surface area contributed by atoms with E-state index in [1.165, 1.54) is 24.3 Å². The molecule has 8 heteroatoms. The summed E-state index contributed by atoms with van der Waals surface area (Å²) in [6.45, 7) is 0. The first-order valence-electron chi connectivity index (χ1n) is 12.0. The molecule has 1 heterocycles. The molecule has 3 N–H and O–H groups in total. The number of aliphatic hydroxyl groups is 1. The Labute approximate surface area is 205 Å². The van der Waals surface area contributed by atoms with E-state index in [1.54, 1.807) is 24.3 Å². The maximum Gasteiger partial charge on any atom is 0.317 e. The average molecular weight is 496 g/mol. The molecule has 0 aromatic heterocycles. The molecule has 35 heavy (non-hydrogen) atoms. The summed E-state index contributed by atoms with van der Waals surface area (Å²) in [5, 5.41) is 20.8. The van der Waals surface area contributed by atoms with Crippen LogP contribution in [-0.4, -0.2) is 30.7 Å². The number of anilines is 1. The zero-order valence-electron chi connectivity index (χ0n) is 19.2. The molecule has 0 bridgehead atoms. The van der Waals surface area contributed by atoms with E-state index in [4.69, 9.17) is 4.74 Å². The molecule has 0 radical (unpaired) electrons. The number of carbonyl (C=O) groups is 1. The molecule has 1 aliphatic heterocycles. The molecule has 5 rings (SSSR count). The summed E-state index contributed by atoms with van der Waals surface area (Å²) in [7, 11) is -3.86. The third kappa shape index (κ3) is 4.99. The van der Waals surface area contributed by atoms with Gasteiger partial charge in [0.25, 0.3) is 10.0 Å². The lowest BCUT2D eigenvalue weighted by atomic mass is 9.72. The molecule has 184 valence electrons. The van der Waals surface area contributed by atoms with Gasteiger partial charge in [-0.25, -0.2) is 8.42 Å². The van der Waals surface area contributed by atoms with Crippen molar-refractivity contribution in [3.63, 3.8) is 0 Å². The van der Waals surface area contributed by atoms with Gasteiger partial charge >= 0.3 is 5.97 Å². The molecule has 1 saturated heterocycles. The van der Waals surface area contributed by atoms with Crippen LogP contribution in [0.15, 0.2) is 77.4 Å². The van der Waals surface area contributed by atoms with E-state index in [2.05, 4.69) is 4.72 Å². The van der Waals surface area contributed by atoms with Crippen LogP contribution in [0.1, 0.15) is 43.6 Å². The maximum absolute atomic E-state index is 13.2. The van der Waals surface area contributed by atoms with Gasteiger partial charge in [0.1, 0.15) is 11.5 Å². The fourth-order valence-electron chi connectivity index (χ4n) is 5.24. The summed E-state index contributed by atoms with van der Waals surface area (Å²) in [4.78, 5) is 13.2. The van der Waals surface area contributed by atoms with Crippen molar-refractivity contribution >= 4 is 21.7 Å². The average Bonchev–Trinajstić information content (AvgIpc) is 3.63. The molecule has 2 aromatic rings. The summed E-state index contributed by atoms with van der Waals surface area (Å²) in [6, 6.07) is 12.3. The van der Waals surface area contributed by atoms with E-state index in [0.717, 1.165) is 37.7 Å². The van der Waals surface area contributed by atoms with Crippen molar-refractivity contribution in [3.05, 3.63) is 78.1 Å². The van der Waals surface area contributed by atoms with Crippen LogP contribution in [0.5, 0.6) is 5.75 Å². The van der Waals surface area contributed by atoms with Gasteiger partial charge in [0, 0.05) is 17.5 Å². The number of aliphatic hydroxyl groups excluding tert-OH is 1. The molecule has 0 spiro atoms. The van der Waals surface area contributed by atoms with E-state index in [0.29, 0.717) is 11.4 Å². The maximum atomic E-state index is 13.2. The number of rotatable bonds is 6. The third-order valence-electron chi connectivity index (χ3n) is 7.11. The SMILES string of the molecule is O=C1OC2=CC=CCCCC2C(O)C1C(c1cccc(NS(=O)(=O)c2ccc(O)cc2)c1)C1CC1. The Morgan fingerprint density at radius 3 is 2.57 bits per heavy atom. The number of phenolic OH excluding ortho intramolecular Hbond substituents is 1. The van der Waals surface area contributed by atoms with E-state index in [1.807, 2.05) is 18.2 Å². The lowest BCUT2D eigenvalue weighted by Crippen LogP contribution is -2.45. The van der Waals surface area contributed by atoms with Crippen LogP contribution < -0.4 is 4.72 Å². The van der Waals surface area contributed by atoms with Gasteiger partial charge in [0.15, 0.2) is 0 Å². The Balaban J connectivity index is 1.44. The lowest BCUT2D eigenvalue weighted by molar-refractivity contribution is -0.160. The topological polar surface area (TPSA) is 113 Å². The van der Waals surface area contributed by atoms with Crippen molar-refractivity contribution < 1.29 is 28.2 Å². The van der Waals surface area contributed by atoms with Crippen LogP contribution in [0.25, 0.3) is 0 Å². The zero-order valence-corrected chi connectivity index (χ0v) is 20.0. The minimum atomic E-state index is -3.86. The van der Waals surface area contributed by atoms with Gasteiger partial charge in [-0.05, 0) is 86.1 Å². The standard InChI is InChI=1S/C27H29NO6S/c29-20-12-14-21(15-13-20)35(32,33)28-19-7-5-6-18(16-19)24(17-10-11-17)25-26(30)22-8-3-1-2-4-9-23(22)34-27(25)31/h2,4-7,9,12-17,22,24-26,28-30H,1,3,8,10-11H2. The van der Waals surface area contributed by atoms with Crippen LogP contribution in [0.4, 0.5) is 5.69 Å². The van der Waals surface area contributed by atoms with Crippen LogP contribution >= 0.6 is 0 Å². The molecule has 7 nitrogen and oxygen atoms in total. The second-order valence-corrected chi connectivity index (χ2v) is 11.2. The number of carbonyl (C=O) groups excluding carboxylic acids is 1. The van der Waals surface area contributed by atoms with Gasteiger partial charge in [-0.2, -0.15) is 0 Å². The fraction of sp³-hybridized carbons (Fsp3) is 0.370. The molecule has 0 amide bonds. The molecular formula is C27H29NO6S. The second-order valence-electron chi connectivity index (χ2n) is 9.56. The lowest BCUT2D eigenvalue weighted by Gasteiger charge is -2.39. The van der Waals surface area contributed by atoms with Crippen LogP contribution in [0, 0.1) is 17.8 Å². The van der Waals surface area contributed by atoms with Gasteiger partial charge < -0.3 is 14.9 Å². The molecule has 2 fully saturated rings. The Morgan fingerprint density at radius 1 is 1.06 bits per heavy atom. The number of allylic oxidation sites excluding steroid dienone is 3. The highest BCUT2D eigenvalue weighted by atomic mass is 32.2. The van der Waals surface area contributed by atoms with Crippen molar-refractivity contribution in [3.8, 4) is 5.75 Å². The molecule has 4 unspecified atom stereocenters. The van der Waals surface area contributed by atoms with Crippen molar-refractivity contribution in [2.45, 2.75) is 49.0 Å². The number of phenols is 1. The van der Waals surface area contributed by atoms with Crippen molar-refractivity contribution in [2.24, 2.45) is 17.8 Å². The van der Waals surface area contributed by atoms with Crippen molar-refractivity contribution in [1.82, 2.24) is 0 Å². The van der Waals surface area contributed by atoms with Crippen molar-refractivity contribution in [2.75, 3.05) is 4.72 Å². The van der Waals surface area contributed by atoms with Gasteiger partial charge in [-0.3, -0.25) is 9.52 Å². The number of benzene rings is 2. The third-order valence-corrected chi connectivity index (χ3v) is 8.50. The fourth-order valence-corrected chi connectivity index (χ4v) is 6.29. The Bertz CT molecular complexity index is 1260. The zero-order chi connectivity index (χ0) is 24.6. The molecule has 2 aliphatic carbocycles. The Morgan fingerprint density at radius 2 is 1.83 bits per heavy atom. The van der Waals surface area contributed by atoms with E-state index < -0.39 is 28.0 Å². The number of hydrogen-bond donors (Lipinski definition) is 3. The smallest absolute Gasteiger partial charge is 0.317 e. The quantitative estimate of drug-likeness (QED) is 0.510. The van der Waals surface area contributed by atoms with Gasteiger partial charge in [-0.1, -0.05) is 24.3 Å². The number of sulfonamides is 1. The minimum absolute atomic E-state index is 0.0190. The van der Waals surface area contributed by atoms with Crippen LogP contribution in [0.2, 0.25) is 0 Å². The number of hydrogen-bond acceptors (Lipinski definition) is 6. The normalized spacial score (nSPS) is 25.5. The predicted octanol–water partition coefficient (Wildman–Crippen LogP) is 4.46. The van der Waals surface area contributed by atoms with E-state index >= 15 is 0 Å². The summed E-state index contributed by atoms with van der Waals surface area (Å²) in [5.74, 6) is -0.907. The molecular weight excluding hydrogens is 466 g/mol. The minimum Gasteiger partial charge on any atom is -0.508 e. The first-order valence-corrected chi connectivity index (χ1v) is 13.5. The highest BCUT2D eigenvalue weighted by molar-refractivity contribution is 7.92. The van der Waals surface area contributed by atoms with Crippen LogP contribution in [-0.2, 0) is 19.6 Å². The molecule has 4 atom stereocenters. The predicted molar refractivity (Wildman–Crippen MR) is 131 cm³/mol. The largest absolute Gasteiger partial charge is 0.508 e. The second kappa shape index (κ2) is 9.51. The van der Waals surface area contributed by atoms with Crippen LogP contribution in [0.3, 0.4) is 0 Å². The monoisotopic (exact) mass is 495 g/mol. The number of esters is 1. The molecule has 2 aromatic carbocycles. The summed E-state index contributed by atoms with van der Waals surface area (Å²) in [6.07, 6.45) is 9.29.